The van der Waals surface area contributed by atoms with E-state index < -0.39 is 34.9 Å². The summed E-state index contributed by atoms with van der Waals surface area (Å²) in [5, 5.41) is 13.7. The Morgan fingerprint density at radius 1 is 1.27 bits per heavy atom. The molecular formula is C16H24BN3O6. The molecular weight excluding hydrogens is 341 g/mol. The number of hydrogen-bond acceptors (Lipinski definition) is 7. The smallest absolute Gasteiger partial charge is 0.444 e. The second-order valence-corrected chi connectivity index (χ2v) is 8.11. The molecule has 1 N–H and O–H groups in total. The van der Waals surface area contributed by atoms with E-state index in [1.165, 1.54) is 12.3 Å². The first-order valence-corrected chi connectivity index (χ1v) is 8.22. The summed E-state index contributed by atoms with van der Waals surface area (Å²) in [5.41, 5.74) is -1.88. The molecule has 1 aromatic rings. The molecule has 0 unspecified atom stereocenters. The van der Waals surface area contributed by atoms with Crippen molar-refractivity contribution >= 4 is 30.2 Å². The zero-order valence-corrected chi connectivity index (χ0v) is 16.1. The van der Waals surface area contributed by atoms with E-state index in [1.54, 1.807) is 20.8 Å². The van der Waals surface area contributed by atoms with Crippen molar-refractivity contribution in [2.45, 2.75) is 65.3 Å². The van der Waals surface area contributed by atoms with Gasteiger partial charge in [-0.05, 0) is 48.5 Å². The molecule has 142 valence electrons. The first kappa shape index (κ1) is 20.1. The molecule has 2 rings (SSSR count). The summed E-state index contributed by atoms with van der Waals surface area (Å²) >= 11 is 0. The molecule has 0 spiro atoms. The van der Waals surface area contributed by atoms with Gasteiger partial charge >= 0.3 is 18.9 Å². The number of aromatic nitrogens is 1. The van der Waals surface area contributed by atoms with E-state index in [2.05, 4.69) is 10.3 Å². The summed E-state index contributed by atoms with van der Waals surface area (Å²) in [5.74, 6) is -0.204. The van der Waals surface area contributed by atoms with Crippen molar-refractivity contribution < 1.29 is 23.8 Å². The molecule has 0 bridgehead atoms. The van der Waals surface area contributed by atoms with Crippen molar-refractivity contribution in [1.82, 2.24) is 4.98 Å². The van der Waals surface area contributed by atoms with Crippen LogP contribution >= 0.6 is 0 Å². The van der Waals surface area contributed by atoms with Crippen LogP contribution in [-0.4, -0.2) is 39.9 Å². The highest BCUT2D eigenvalue weighted by atomic mass is 16.7. The van der Waals surface area contributed by atoms with Gasteiger partial charge in [-0.15, -0.1) is 0 Å². The van der Waals surface area contributed by atoms with Gasteiger partial charge in [0.1, 0.15) is 5.60 Å². The summed E-state index contributed by atoms with van der Waals surface area (Å²) in [6, 6.07) is 1.28. The summed E-state index contributed by atoms with van der Waals surface area (Å²) in [4.78, 5) is 26.6. The van der Waals surface area contributed by atoms with Crippen molar-refractivity contribution in [3.63, 3.8) is 0 Å². The quantitative estimate of drug-likeness (QED) is 0.498. The van der Waals surface area contributed by atoms with Crippen molar-refractivity contribution in [3.05, 3.63) is 22.4 Å². The van der Waals surface area contributed by atoms with Gasteiger partial charge < -0.3 is 14.0 Å². The van der Waals surface area contributed by atoms with Gasteiger partial charge in [-0.1, -0.05) is 0 Å². The molecule has 0 aliphatic carbocycles. The average Bonchev–Trinajstić information content (AvgIpc) is 2.65. The molecule has 10 heteroatoms. The first-order valence-electron chi connectivity index (χ1n) is 8.22. The zero-order valence-electron chi connectivity index (χ0n) is 16.1. The summed E-state index contributed by atoms with van der Waals surface area (Å²) in [7, 11) is -0.790. The topological polar surface area (TPSA) is 113 Å². The highest BCUT2D eigenvalue weighted by Crippen LogP contribution is 2.36. The van der Waals surface area contributed by atoms with Gasteiger partial charge in [0.25, 0.3) is 0 Å². The lowest BCUT2D eigenvalue weighted by Crippen LogP contribution is -2.41. The number of carbonyl (C=O) groups is 1. The van der Waals surface area contributed by atoms with Crippen molar-refractivity contribution in [2.75, 3.05) is 5.32 Å². The van der Waals surface area contributed by atoms with Gasteiger partial charge in [-0.3, -0.25) is 15.4 Å². The van der Waals surface area contributed by atoms with Gasteiger partial charge in [-0.25, -0.2) is 9.78 Å². The van der Waals surface area contributed by atoms with Gasteiger partial charge in [0.2, 0.25) is 5.82 Å². The lowest BCUT2D eigenvalue weighted by molar-refractivity contribution is -0.384. The molecule has 0 aromatic carbocycles. The van der Waals surface area contributed by atoms with E-state index >= 15 is 0 Å². The number of nitrogens with zero attached hydrogens (tertiary/aromatic N) is 2. The lowest BCUT2D eigenvalue weighted by atomic mass is 9.80. The van der Waals surface area contributed by atoms with Crippen molar-refractivity contribution in [3.8, 4) is 0 Å². The molecule has 1 aromatic heterocycles. The molecule has 1 fully saturated rings. The minimum absolute atomic E-state index is 0.204. The van der Waals surface area contributed by atoms with E-state index in [1.807, 2.05) is 27.7 Å². The van der Waals surface area contributed by atoms with Crippen LogP contribution in [0.4, 0.5) is 16.3 Å². The zero-order chi connectivity index (χ0) is 19.9. The number of ether oxygens (including phenoxy) is 1. The number of nitrogens with one attached hydrogen (secondary N) is 1. The maximum atomic E-state index is 11.9. The van der Waals surface area contributed by atoms with Crippen LogP contribution in [0.15, 0.2) is 12.3 Å². The Hall–Kier alpha value is -2.20. The molecule has 1 saturated heterocycles. The Balaban J connectivity index is 2.27. The van der Waals surface area contributed by atoms with Gasteiger partial charge in [0.15, 0.2) is 0 Å². The maximum Gasteiger partial charge on any atom is 0.496 e. The fourth-order valence-corrected chi connectivity index (χ4v) is 2.21. The van der Waals surface area contributed by atoms with E-state index in [4.69, 9.17) is 14.0 Å². The van der Waals surface area contributed by atoms with Gasteiger partial charge in [-0.2, -0.15) is 0 Å². The number of rotatable bonds is 3. The predicted octanol–water partition coefficient (Wildman–Crippen LogP) is 2.64. The van der Waals surface area contributed by atoms with Crippen LogP contribution in [0.25, 0.3) is 0 Å². The van der Waals surface area contributed by atoms with Crippen LogP contribution in [0.5, 0.6) is 0 Å². The number of hydrogen-bond donors (Lipinski definition) is 1. The third-order valence-corrected chi connectivity index (χ3v) is 4.23. The summed E-state index contributed by atoms with van der Waals surface area (Å²) in [6.07, 6.45) is 0.554. The third-order valence-electron chi connectivity index (χ3n) is 4.23. The maximum absolute atomic E-state index is 11.9. The average molecular weight is 365 g/mol. The Labute approximate surface area is 152 Å². The minimum Gasteiger partial charge on any atom is -0.444 e. The highest BCUT2D eigenvalue weighted by molar-refractivity contribution is 6.62. The fraction of sp³-hybridized carbons (Fsp3) is 0.625. The second-order valence-electron chi connectivity index (χ2n) is 8.11. The molecule has 1 amide bonds. The number of pyridine rings is 1. The molecule has 1 aliphatic heterocycles. The number of anilines is 1. The number of carbonyl (C=O) groups excluding carboxylic acids is 1. The lowest BCUT2D eigenvalue weighted by Gasteiger charge is -2.32. The van der Waals surface area contributed by atoms with Crippen molar-refractivity contribution in [1.29, 1.82) is 0 Å². The van der Waals surface area contributed by atoms with Crippen molar-refractivity contribution in [2.24, 2.45) is 0 Å². The summed E-state index contributed by atoms with van der Waals surface area (Å²) in [6.45, 7) is 12.6. The second kappa shape index (κ2) is 6.51. The normalized spacial score (nSPS) is 18.5. The molecule has 1 aliphatic rings. The number of amides is 1. The third kappa shape index (κ3) is 4.31. The van der Waals surface area contributed by atoms with Crippen LogP contribution in [0.3, 0.4) is 0 Å². The highest BCUT2D eigenvalue weighted by Gasteiger charge is 2.52. The molecule has 0 saturated carbocycles. The standard InChI is InChI=1S/C16H24BN3O6/c1-14(2,3)24-13(21)19-12-11(20(22)23)8-10(9-18-12)17-25-15(4,5)16(6,7)26-17/h8-9H,1-7H3,(H,18,19,21). The fourth-order valence-electron chi connectivity index (χ4n) is 2.21. The van der Waals surface area contributed by atoms with Crippen LogP contribution in [0.1, 0.15) is 48.5 Å². The molecule has 9 nitrogen and oxygen atoms in total. The Kier molecular flexibility index (Phi) is 5.04. The van der Waals surface area contributed by atoms with E-state index in [9.17, 15) is 14.9 Å². The van der Waals surface area contributed by atoms with Crippen LogP contribution in [0, 0.1) is 10.1 Å². The Morgan fingerprint density at radius 2 is 1.81 bits per heavy atom. The number of nitro groups is 1. The molecule has 0 atom stereocenters. The van der Waals surface area contributed by atoms with E-state index in [0.29, 0.717) is 5.46 Å². The molecule has 26 heavy (non-hydrogen) atoms. The first-order chi connectivity index (χ1) is 11.7. The monoisotopic (exact) mass is 365 g/mol. The largest absolute Gasteiger partial charge is 0.496 e. The van der Waals surface area contributed by atoms with E-state index in [-0.39, 0.29) is 11.5 Å². The summed E-state index contributed by atoms with van der Waals surface area (Å²) < 4.78 is 16.8. The molecule has 2 heterocycles. The predicted molar refractivity (Wildman–Crippen MR) is 96.5 cm³/mol. The SMILES string of the molecule is CC(C)(C)OC(=O)Nc1ncc(B2OC(C)(C)C(C)(C)O2)cc1[N+](=O)[O-]. The van der Waals surface area contributed by atoms with Gasteiger partial charge in [0, 0.05) is 17.7 Å². The Bertz CT molecular complexity index is 713. The molecule has 0 radical (unpaired) electrons. The van der Waals surface area contributed by atoms with Gasteiger partial charge in [0.05, 0.1) is 16.1 Å². The van der Waals surface area contributed by atoms with Crippen LogP contribution < -0.4 is 10.8 Å². The Morgan fingerprint density at radius 3 is 2.27 bits per heavy atom. The van der Waals surface area contributed by atoms with Crippen LogP contribution in [-0.2, 0) is 14.0 Å². The van der Waals surface area contributed by atoms with Crippen LogP contribution in [0.2, 0.25) is 0 Å². The minimum atomic E-state index is -0.823. The van der Waals surface area contributed by atoms with E-state index in [0.717, 1.165) is 0 Å².